The van der Waals surface area contributed by atoms with Crippen LogP contribution in [0.25, 0.3) is 0 Å². The molecule has 2 unspecified atom stereocenters. The highest BCUT2D eigenvalue weighted by atomic mass is 32.2. The van der Waals surface area contributed by atoms with Crippen molar-refractivity contribution in [1.82, 2.24) is 4.90 Å². The van der Waals surface area contributed by atoms with Gasteiger partial charge in [-0.1, -0.05) is 24.3 Å². The first-order chi connectivity index (χ1) is 14.1. The fourth-order valence-corrected chi connectivity index (χ4v) is 6.90. The highest BCUT2D eigenvalue weighted by molar-refractivity contribution is 8.01. The Morgan fingerprint density at radius 1 is 1.07 bits per heavy atom. The summed E-state index contributed by atoms with van der Waals surface area (Å²) >= 11 is 1.59. The maximum Gasteiger partial charge on any atom is 0.316 e. The van der Waals surface area contributed by atoms with Crippen LogP contribution in [0.3, 0.4) is 0 Å². The minimum atomic E-state index is -0.682. The molecule has 3 heterocycles. The van der Waals surface area contributed by atoms with Gasteiger partial charge in [-0.25, -0.2) is 0 Å². The molecular weight excluding hydrogens is 386 g/mol. The zero-order chi connectivity index (χ0) is 20.0. The highest BCUT2D eigenvalue weighted by Crippen LogP contribution is 2.65. The van der Waals surface area contributed by atoms with Crippen molar-refractivity contribution in [2.24, 2.45) is 5.41 Å². The molecule has 5 nitrogen and oxygen atoms in total. The van der Waals surface area contributed by atoms with Crippen molar-refractivity contribution < 1.29 is 19.4 Å². The smallest absolute Gasteiger partial charge is 0.316 e. The van der Waals surface area contributed by atoms with Crippen LogP contribution in [0, 0.1) is 5.41 Å². The number of aliphatic carboxylic acids is 1. The summed E-state index contributed by atoms with van der Waals surface area (Å²) < 4.78 is 5.57. The number of amides is 1. The van der Waals surface area contributed by atoms with Crippen LogP contribution in [0.4, 0.5) is 0 Å². The van der Waals surface area contributed by atoms with Crippen LogP contribution in [0.2, 0.25) is 0 Å². The van der Waals surface area contributed by atoms with E-state index in [1.165, 1.54) is 17.5 Å². The second-order valence-corrected chi connectivity index (χ2v) is 10.6. The third kappa shape index (κ3) is 3.70. The predicted octanol–water partition coefficient (Wildman–Crippen LogP) is 3.98. The zero-order valence-electron chi connectivity index (χ0n) is 16.7. The number of carbonyl (C=O) groups is 2. The van der Waals surface area contributed by atoms with E-state index in [9.17, 15) is 14.7 Å². The second kappa shape index (κ2) is 7.62. The Bertz CT molecular complexity index is 781. The minimum absolute atomic E-state index is 0.194. The van der Waals surface area contributed by atoms with Crippen molar-refractivity contribution in [1.29, 1.82) is 0 Å². The van der Waals surface area contributed by atoms with Gasteiger partial charge in [0.15, 0.2) is 0 Å². The molecule has 4 aliphatic rings. The number of carboxylic acid groups (broad SMARTS) is 1. The first-order valence-corrected chi connectivity index (χ1v) is 11.9. The van der Waals surface area contributed by atoms with Crippen LogP contribution in [0.5, 0.6) is 0 Å². The number of thioether (sulfide) groups is 1. The number of carboxylic acids is 1. The average molecular weight is 416 g/mol. The quantitative estimate of drug-likeness (QED) is 0.806. The molecule has 1 spiro atoms. The van der Waals surface area contributed by atoms with Gasteiger partial charge in [0.05, 0.1) is 0 Å². The summed E-state index contributed by atoms with van der Waals surface area (Å²) in [4.78, 5) is 25.8. The zero-order valence-corrected chi connectivity index (χ0v) is 17.5. The molecule has 1 aromatic rings. The monoisotopic (exact) mass is 415 g/mol. The summed E-state index contributed by atoms with van der Waals surface area (Å²) in [5.74, 6) is 0.130. The Kier molecular flexibility index (Phi) is 5.11. The molecule has 1 amide bonds. The van der Waals surface area contributed by atoms with Gasteiger partial charge < -0.3 is 14.7 Å². The Morgan fingerprint density at radius 2 is 1.79 bits per heavy atom. The van der Waals surface area contributed by atoms with Crippen molar-refractivity contribution in [2.45, 2.75) is 67.5 Å². The van der Waals surface area contributed by atoms with E-state index in [4.69, 9.17) is 4.74 Å². The normalized spacial score (nSPS) is 33.2. The predicted molar refractivity (Wildman–Crippen MR) is 112 cm³/mol. The average Bonchev–Trinajstić information content (AvgIpc) is 3.17. The number of hydrogen-bond donors (Lipinski definition) is 1. The number of carbonyl (C=O) groups excluding carboxylic acids is 1. The van der Waals surface area contributed by atoms with E-state index >= 15 is 0 Å². The Balaban J connectivity index is 1.17. The lowest BCUT2D eigenvalue weighted by molar-refractivity contribution is -0.142. The summed E-state index contributed by atoms with van der Waals surface area (Å²) in [7, 11) is 0. The van der Waals surface area contributed by atoms with E-state index in [-0.39, 0.29) is 17.3 Å². The fraction of sp³-hybridized carbons (Fsp3) is 0.652. The number of piperidine rings is 1. The van der Waals surface area contributed by atoms with E-state index in [2.05, 4.69) is 24.3 Å². The summed E-state index contributed by atoms with van der Waals surface area (Å²) in [6, 6.07) is 8.93. The molecule has 1 saturated carbocycles. The van der Waals surface area contributed by atoms with Gasteiger partial charge in [0.25, 0.3) is 5.91 Å². The Labute approximate surface area is 176 Å². The number of ether oxygens (including phenoxy) is 1. The van der Waals surface area contributed by atoms with Gasteiger partial charge in [0, 0.05) is 24.9 Å². The number of rotatable bonds is 4. The summed E-state index contributed by atoms with van der Waals surface area (Å²) in [6.45, 7) is 2.45. The van der Waals surface area contributed by atoms with Crippen LogP contribution < -0.4 is 0 Å². The van der Waals surface area contributed by atoms with Gasteiger partial charge in [-0.15, -0.1) is 11.8 Å². The van der Waals surface area contributed by atoms with Gasteiger partial charge in [0.1, 0.15) is 11.4 Å². The van der Waals surface area contributed by atoms with Crippen LogP contribution >= 0.6 is 11.8 Å². The molecule has 6 heteroatoms. The van der Waals surface area contributed by atoms with Gasteiger partial charge in [-0.05, 0) is 67.4 Å². The number of hydrogen-bond acceptors (Lipinski definition) is 4. The molecule has 1 aromatic carbocycles. The van der Waals surface area contributed by atoms with Crippen LogP contribution in [0.15, 0.2) is 24.3 Å². The lowest BCUT2D eigenvalue weighted by atomic mass is 9.88. The molecule has 1 aliphatic carbocycles. The highest BCUT2D eigenvalue weighted by Gasteiger charge is 2.55. The fourth-order valence-electron chi connectivity index (χ4n) is 5.53. The van der Waals surface area contributed by atoms with Crippen LogP contribution in [0.1, 0.15) is 67.2 Å². The van der Waals surface area contributed by atoms with Crippen molar-refractivity contribution in [3.63, 3.8) is 0 Å². The SMILES string of the molecule is O=C(O)C1CCC(c2ccc([C@@H]3CC34CCN(C(=O)[C@H]3CCCO3)CC4)cc2)S1. The molecule has 0 bridgehead atoms. The molecule has 0 radical (unpaired) electrons. The summed E-state index contributed by atoms with van der Waals surface area (Å²) in [6.07, 6.45) is 6.81. The Morgan fingerprint density at radius 3 is 2.41 bits per heavy atom. The number of likely N-dealkylation sites (tertiary alicyclic amines) is 1. The number of benzene rings is 1. The second-order valence-electron chi connectivity index (χ2n) is 9.14. The van der Waals surface area contributed by atoms with Gasteiger partial charge in [0.2, 0.25) is 0 Å². The maximum absolute atomic E-state index is 12.6. The molecule has 4 atom stereocenters. The lowest BCUT2D eigenvalue weighted by Crippen LogP contribution is -2.44. The van der Waals surface area contributed by atoms with Crippen molar-refractivity contribution in [3.8, 4) is 0 Å². The van der Waals surface area contributed by atoms with E-state index < -0.39 is 5.97 Å². The first kappa shape index (κ1) is 19.4. The number of nitrogens with zero attached hydrogens (tertiary/aromatic N) is 1. The first-order valence-electron chi connectivity index (χ1n) is 10.9. The Hall–Kier alpha value is -1.53. The molecule has 3 saturated heterocycles. The summed E-state index contributed by atoms with van der Waals surface area (Å²) in [5.41, 5.74) is 3.05. The largest absolute Gasteiger partial charge is 0.480 e. The minimum Gasteiger partial charge on any atom is -0.480 e. The molecule has 1 N–H and O–H groups in total. The van der Waals surface area contributed by atoms with E-state index in [0.717, 1.165) is 58.2 Å². The molecule has 5 rings (SSSR count). The van der Waals surface area contributed by atoms with Crippen molar-refractivity contribution in [2.75, 3.05) is 19.7 Å². The standard InChI is InChI=1S/C23H29NO4S/c25-21(18-2-1-13-28-18)24-11-9-23(10-12-24)14-17(23)15-3-5-16(6-4-15)19-7-8-20(29-19)22(26)27/h3-6,17-20H,1-2,7-14H2,(H,26,27)/t17-,18+,19?,20?/m0/s1. The van der Waals surface area contributed by atoms with Gasteiger partial charge in [-0.3, -0.25) is 9.59 Å². The lowest BCUT2D eigenvalue weighted by Gasteiger charge is -2.34. The molecule has 156 valence electrons. The third-order valence-electron chi connectivity index (χ3n) is 7.47. The topological polar surface area (TPSA) is 66.8 Å². The maximum atomic E-state index is 12.6. The molecule has 4 fully saturated rings. The molecule has 29 heavy (non-hydrogen) atoms. The molecule has 3 aliphatic heterocycles. The van der Waals surface area contributed by atoms with E-state index in [1.807, 2.05) is 4.90 Å². The van der Waals surface area contributed by atoms with E-state index in [0.29, 0.717) is 16.6 Å². The van der Waals surface area contributed by atoms with Gasteiger partial charge >= 0.3 is 5.97 Å². The third-order valence-corrected chi connectivity index (χ3v) is 9.07. The molecular formula is C23H29NO4S. The van der Waals surface area contributed by atoms with E-state index in [1.54, 1.807) is 11.8 Å². The van der Waals surface area contributed by atoms with Crippen LogP contribution in [-0.4, -0.2) is 52.9 Å². The summed E-state index contributed by atoms with van der Waals surface area (Å²) in [5, 5.41) is 9.26. The van der Waals surface area contributed by atoms with Gasteiger partial charge in [-0.2, -0.15) is 0 Å². The van der Waals surface area contributed by atoms with Crippen molar-refractivity contribution in [3.05, 3.63) is 35.4 Å². The van der Waals surface area contributed by atoms with Crippen LogP contribution in [-0.2, 0) is 14.3 Å². The van der Waals surface area contributed by atoms with Crippen molar-refractivity contribution >= 4 is 23.6 Å². The molecule has 0 aromatic heterocycles.